The van der Waals surface area contributed by atoms with Crippen LogP contribution in [0.15, 0.2) is 0 Å². The molecule has 0 saturated heterocycles. The molecule has 0 amide bonds. The van der Waals surface area contributed by atoms with Gasteiger partial charge in [-0.05, 0) is 56.3 Å². The van der Waals surface area contributed by atoms with Crippen LogP contribution in [0, 0.1) is 23.2 Å². The third-order valence-electron chi connectivity index (χ3n) is 5.10. The van der Waals surface area contributed by atoms with Crippen LogP contribution in [-0.4, -0.2) is 56.1 Å². The van der Waals surface area contributed by atoms with Crippen LogP contribution in [-0.2, 0) is 20.6 Å². The first kappa shape index (κ1) is 17.8. The molecular weight excluding hydrogens is 313 g/mol. The van der Waals surface area contributed by atoms with Gasteiger partial charge in [-0.2, -0.15) is 8.78 Å². The van der Waals surface area contributed by atoms with Gasteiger partial charge in [-0.3, -0.25) is 4.79 Å². The molecule has 0 aromatic heterocycles. The Hall–Kier alpha value is 0.440. The number of alkyl halides is 2. The average Bonchev–Trinajstić information content (AvgIpc) is 2.34. The molecule has 116 valence electrons. The zero-order valence-electron chi connectivity index (χ0n) is 11.0. The van der Waals surface area contributed by atoms with Crippen molar-refractivity contribution in [3.8, 4) is 0 Å². The van der Waals surface area contributed by atoms with Gasteiger partial charge < -0.3 is 9.29 Å². The van der Waals surface area contributed by atoms with Crippen molar-refractivity contribution in [2.75, 3.05) is 6.61 Å². The summed E-state index contributed by atoms with van der Waals surface area (Å²) in [4.78, 5) is 12.2. The van der Waals surface area contributed by atoms with Crippen molar-refractivity contribution in [2.45, 2.75) is 43.8 Å². The predicted molar refractivity (Wildman–Crippen MR) is 74.4 cm³/mol. The van der Waals surface area contributed by atoms with Gasteiger partial charge >= 0.3 is 40.8 Å². The minimum absolute atomic E-state index is 0. The zero-order chi connectivity index (χ0) is 14.5. The summed E-state index contributed by atoms with van der Waals surface area (Å²) in [6, 6.07) is 0. The van der Waals surface area contributed by atoms with Crippen LogP contribution in [0.25, 0.3) is 0 Å². The van der Waals surface area contributed by atoms with Gasteiger partial charge in [0.25, 0.3) is 0 Å². The summed E-state index contributed by atoms with van der Waals surface area (Å²) in [5.74, 6) is 0.950. The number of hydrogen-bond donors (Lipinski definition) is 1. The quantitative estimate of drug-likeness (QED) is 0.485. The summed E-state index contributed by atoms with van der Waals surface area (Å²) < 4.78 is 49.7. The SMILES string of the molecule is O=C(OCC(F)(F)S(=O)O)C12CC3CC(CC(C3)C1)C2.[NaH]. The molecule has 4 bridgehead atoms. The second-order valence-corrected chi connectivity index (χ2v) is 7.76. The van der Waals surface area contributed by atoms with E-state index in [0.717, 1.165) is 38.5 Å². The van der Waals surface area contributed by atoms with E-state index in [4.69, 9.17) is 9.29 Å². The van der Waals surface area contributed by atoms with Gasteiger partial charge in [0.1, 0.15) is 0 Å². The van der Waals surface area contributed by atoms with Crippen LogP contribution in [0.4, 0.5) is 8.78 Å². The Bertz CT molecular complexity index is 422. The van der Waals surface area contributed by atoms with Crippen molar-refractivity contribution in [1.82, 2.24) is 0 Å². The maximum atomic E-state index is 13.1. The molecule has 0 aromatic carbocycles. The predicted octanol–water partition coefficient (Wildman–Crippen LogP) is 1.91. The van der Waals surface area contributed by atoms with Crippen LogP contribution in [0.1, 0.15) is 38.5 Å². The van der Waals surface area contributed by atoms with Crippen LogP contribution in [0.3, 0.4) is 0 Å². The monoisotopic (exact) mass is 332 g/mol. The van der Waals surface area contributed by atoms with Crippen molar-refractivity contribution in [3.63, 3.8) is 0 Å². The Kier molecular flexibility index (Phi) is 5.21. The number of rotatable bonds is 4. The Labute approximate surface area is 146 Å². The van der Waals surface area contributed by atoms with Crippen molar-refractivity contribution in [1.29, 1.82) is 0 Å². The number of hydrogen-bond acceptors (Lipinski definition) is 3. The zero-order valence-corrected chi connectivity index (χ0v) is 11.8. The summed E-state index contributed by atoms with van der Waals surface area (Å²) >= 11 is -3.31. The van der Waals surface area contributed by atoms with E-state index in [9.17, 15) is 17.8 Å². The second kappa shape index (κ2) is 6.15. The first-order valence-corrected chi connectivity index (χ1v) is 8.07. The molecule has 4 saturated carbocycles. The molecule has 4 aliphatic carbocycles. The van der Waals surface area contributed by atoms with Gasteiger partial charge in [0.2, 0.25) is 11.1 Å². The van der Waals surface area contributed by atoms with Crippen molar-refractivity contribution in [3.05, 3.63) is 0 Å². The molecule has 4 rings (SSSR count). The van der Waals surface area contributed by atoms with Gasteiger partial charge in [0, 0.05) is 0 Å². The fraction of sp³-hybridized carbons (Fsp3) is 0.923. The van der Waals surface area contributed by atoms with E-state index in [0.29, 0.717) is 17.8 Å². The summed E-state index contributed by atoms with van der Waals surface area (Å²) in [6.07, 6.45) is 5.61. The molecule has 4 aliphatic rings. The Morgan fingerprint density at radius 1 is 1.19 bits per heavy atom. The molecular formula is C13H19F2NaO4S. The number of esters is 1. The number of halogens is 2. The van der Waals surface area contributed by atoms with Crippen LogP contribution in [0.2, 0.25) is 0 Å². The fourth-order valence-electron chi connectivity index (χ4n) is 4.71. The Morgan fingerprint density at radius 2 is 1.62 bits per heavy atom. The van der Waals surface area contributed by atoms with Gasteiger partial charge in [0.05, 0.1) is 5.41 Å². The Morgan fingerprint density at radius 3 is 2.00 bits per heavy atom. The van der Waals surface area contributed by atoms with Crippen LogP contribution >= 0.6 is 0 Å². The van der Waals surface area contributed by atoms with Crippen molar-refractivity contribution >= 4 is 46.6 Å². The molecule has 0 heterocycles. The number of carbonyl (C=O) groups excluding carboxylic acids is 1. The summed E-state index contributed by atoms with van der Waals surface area (Å²) in [6.45, 7) is -1.31. The van der Waals surface area contributed by atoms with E-state index in [1.165, 1.54) is 0 Å². The van der Waals surface area contributed by atoms with Crippen LogP contribution in [0.5, 0.6) is 0 Å². The number of carbonyl (C=O) groups is 1. The summed E-state index contributed by atoms with van der Waals surface area (Å²) in [5.41, 5.74) is -0.609. The standard InChI is InChI=1S/C13H18F2O4S.Na.H/c14-13(15,20(17)18)7-19-11(16)12-4-8-1-9(5-12)3-10(2-8)6-12;;/h8-10H,1-7H2,(H,17,18);;. The van der Waals surface area contributed by atoms with Crippen molar-refractivity contribution < 1.29 is 27.1 Å². The average molecular weight is 332 g/mol. The normalized spacial score (nSPS) is 38.7. The van der Waals surface area contributed by atoms with Gasteiger partial charge in [-0.15, -0.1) is 0 Å². The first-order valence-electron chi connectivity index (χ1n) is 6.97. The minimum atomic E-state index is -3.89. The van der Waals surface area contributed by atoms with Crippen molar-refractivity contribution in [2.24, 2.45) is 23.2 Å². The van der Waals surface area contributed by atoms with E-state index in [1.54, 1.807) is 0 Å². The van der Waals surface area contributed by atoms with E-state index in [-0.39, 0.29) is 29.6 Å². The molecule has 0 spiro atoms. The van der Waals surface area contributed by atoms with Crippen LogP contribution < -0.4 is 0 Å². The molecule has 1 atom stereocenters. The van der Waals surface area contributed by atoms with Gasteiger partial charge in [0.15, 0.2) is 6.61 Å². The van der Waals surface area contributed by atoms with E-state index >= 15 is 0 Å². The molecule has 8 heteroatoms. The topological polar surface area (TPSA) is 63.6 Å². The molecule has 0 aliphatic heterocycles. The first-order chi connectivity index (χ1) is 9.31. The molecule has 1 unspecified atom stereocenters. The van der Waals surface area contributed by atoms with E-state index in [2.05, 4.69) is 0 Å². The summed E-state index contributed by atoms with van der Waals surface area (Å²) in [5, 5.41) is -3.89. The second-order valence-electron chi connectivity index (χ2n) is 6.66. The summed E-state index contributed by atoms with van der Waals surface area (Å²) in [7, 11) is 0. The van der Waals surface area contributed by atoms with E-state index in [1.807, 2.05) is 0 Å². The Balaban J connectivity index is 0.00000161. The molecule has 4 fully saturated rings. The maximum absolute atomic E-state index is 13.1. The van der Waals surface area contributed by atoms with E-state index < -0.39 is 34.3 Å². The molecule has 21 heavy (non-hydrogen) atoms. The van der Waals surface area contributed by atoms with Gasteiger partial charge in [-0.1, -0.05) is 0 Å². The fourth-order valence-corrected chi connectivity index (χ4v) is 4.87. The van der Waals surface area contributed by atoms with Gasteiger partial charge in [-0.25, -0.2) is 4.21 Å². The molecule has 1 N–H and O–H groups in total. The third kappa shape index (κ3) is 3.37. The third-order valence-corrected chi connectivity index (χ3v) is 5.73. The molecule has 0 radical (unpaired) electrons. The number of ether oxygens (including phenoxy) is 1. The molecule has 0 aromatic rings. The molecule has 4 nitrogen and oxygen atoms in total.